The normalized spacial score (nSPS) is 17.2. The van der Waals surface area contributed by atoms with Crippen LogP contribution in [0.5, 0.6) is 11.5 Å². The highest BCUT2D eigenvalue weighted by atomic mass is 16.5. The molecule has 4 rings (SSSR count). The molecule has 3 N–H and O–H groups in total. The summed E-state index contributed by atoms with van der Waals surface area (Å²) in [5.74, 6) is -0.573. The first-order valence-electron chi connectivity index (χ1n) is 18.6. The van der Waals surface area contributed by atoms with Crippen LogP contribution in [-0.4, -0.2) is 110 Å². The summed E-state index contributed by atoms with van der Waals surface area (Å²) >= 11 is 0. The molecule has 0 radical (unpaired) electrons. The zero-order chi connectivity index (χ0) is 38.9. The molecule has 53 heavy (non-hydrogen) atoms. The fourth-order valence-electron chi connectivity index (χ4n) is 7.13. The Morgan fingerprint density at radius 1 is 1.06 bits per heavy atom. The van der Waals surface area contributed by atoms with E-state index in [0.29, 0.717) is 64.9 Å². The average Bonchev–Trinajstić information content (AvgIpc) is 3.59. The Hall–Kier alpha value is -4.68. The van der Waals surface area contributed by atoms with Gasteiger partial charge < -0.3 is 35.0 Å². The molecule has 1 saturated carbocycles. The second kappa shape index (κ2) is 18.4. The van der Waals surface area contributed by atoms with Crippen molar-refractivity contribution >= 4 is 17.8 Å². The molecule has 1 heterocycles. The van der Waals surface area contributed by atoms with Crippen molar-refractivity contribution in [3.05, 3.63) is 71.4 Å². The standard InChI is InChI=1S/C41H58N6O6/c1-10-29-18-19-41(40(50)51,28(4)24-29)43-38(48)32-26-34(37-35(52-8)14-11-15-36(37)53-9)47(44-32)33-17-16-30(25-31(33)27(2)3)39(49)46(7)23-13-22-45(6)21-12-20-42-5/h11,14-17,25-27,29,42H,4,10,12-13,18-24H2,1-3,5-9H3,(H,43,48)(H,50,51). The average molecular weight is 731 g/mol. The van der Waals surface area contributed by atoms with Crippen LogP contribution >= 0.6 is 0 Å². The highest BCUT2D eigenvalue weighted by Gasteiger charge is 2.46. The van der Waals surface area contributed by atoms with Crippen LogP contribution in [-0.2, 0) is 4.79 Å². The molecule has 2 amide bonds. The molecule has 2 aromatic carbocycles. The van der Waals surface area contributed by atoms with Crippen molar-refractivity contribution in [2.24, 2.45) is 5.92 Å². The van der Waals surface area contributed by atoms with Gasteiger partial charge in [-0.1, -0.05) is 39.8 Å². The van der Waals surface area contributed by atoms with Crippen LogP contribution in [0.1, 0.15) is 91.6 Å². The van der Waals surface area contributed by atoms with Crippen LogP contribution < -0.4 is 20.1 Å². The van der Waals surface area contributed by atoms with E-state index < -0.39 is 17.4 Å². The Balaban J connectivity index is 1.74. The van der Waals surface area contributed by atoms with E-state index in [0.717, 1.165) is 44.5 Å². The van der Waals surface area contributed by atoms with Crippen LogP contribution in [0.15, 0.2) is 54.6 Å². The molecule has 0 saturated heterocycles. The number of nitrogens with zero attached hydrogens (tertiary/aromatic N) is 4. The Kier molecular flexibility index (Phi) is 14.2. The van der Waals surface area contributed by atoms with Crippen molar-refractivity contribution in [1.82, 2.24) is 30.2 Å². The maximum absolute atomic E-state index is 14.1. The first kappa shape index (κ1) is 41.1. The molecule has 2 atom stereocenters. The molecule has 2 unspecified atom stereocenters. The Morgan fingerprint density at radius 2 is 1.74 bits per heavy atom. The summed E-state index contributed by atoms with van der Waals surface area (Å²) in [6, 6.07) is 12.5. The highest BCUT2D eigenvalue weighted by Crippen LogP contribution is 2.41. The van der Waals surface area contributed by atoms with E-state index in [9.17, 15) is 19.5 Å². The lowest BCUT2D eigenvalue weighted by atomic mass is 9.72. The molecule has 0 spiro atoms. The predicted octanol–water partition coefficient (Wildman–Crippen LogP) is 6.00. The summed E-state index contributed by atoms with van der Waals surface area (Å²) in [6.07, 6.45) is 4.25. The lowest BCUT2D eigenvalue weighted by molar-refractivity contribution is -0.143. The highest BCUT2D eigenvalue weighted by molar-refractivity contribution is 5.99. The van der Waals surface area contributed by atoms with Gasteiger partial charge in [-0.25, -0.2) is 9.48 Å². The number of aromatic nitrogens is 2. The third kappa shape index (κ3) is 9.28. The number of rotatable bonds is 18. The summed E-state index contributed by atoms with van der Waals surface area (Å²) in [7, 11) is 8.99. The molecule has 288 valence electrons. The number of ether oxygens (including phenoxy) is 2. The summed E-state index contributed by atoms with van der Waals surface area (Å²) in [5.41, 5.74) is 2.00. The molecule has 12 heteroatoms. The van der Waals surface area contributed by atoms with Crippen LogP contribution in [0.4, 0.5) is 0 Å². The van der Waals surface area contributed by atoms with Gasteiger partial charge in [0.15, 0.2) is 11.2 Å². The van der Waals surface area contributed by atoms with Crippen molar-refractivity contribution < 1.29 is 29.0 Å². The van der Waals surface area contributed by atoms with E-state index >= 15 is 0 Å². The summed E-state index contributed by atoms with van der Waals surface area (Å²) in [6.45, 7) is 13.7. The Labute approximate surface area is 314 Å². The van der Waals surface area contributed by atoms with Crippen LogP contribution in [0.2, 0.25) is 0 Å². The number of carbonyl (C=O) groups is 3. The minimum absolute atomic E-state index is 0.0181. The maximum atomic E-state index is 14.1. The molecule has 1 aliphatic carbocycles. The largest absolute Gasteiger partial charge is 0.496 e. The van der Waals surface area contributed by atoms with Gasteiger partial charge in [0, 0.05) is 19.2 Å². The van der Waals surface area contributed by atoms with Gasteiger partial charge in [-0.2, -0.15) is 5.10 Å². The predicted molar refractivity (Wildman–Crippen MR) is 208 cm³/mol. The smallest absolute Gasteiger partial charge is 0.333 e. The van der Waals surface area contributed by atoms with Crippen LogP contribution in [0.3, 0.4) is 0 Å². The second-order valence-electron chi connectivity index (χ2n) is 14.4. The topological polar surface area (TPSA) is 138 Å². The van der Waals surface area contributed by atoms with E-state index in [1.807, 2.05) is 46.1 Å². The molecule has 0 aliphatic heterocycles. The number of carbonyl (C=O) groups excluding carboxylic acids is 2. The molecule has 0 bridgehead atoms. The second-order valence-corrected chi connectivity index (χ2v) is 14.4. The molecule has 1 fully saturated rings. The van der Waals surface area contributed by atoms with Gasteiger partial charge >= 0.3 is 5.97 Å². The van der Waals surface area contributed by atoms with Crippen molar-refractivity contribution in [2.45, 2.75) is 70.8 Å². The van der Waals surface area contributed by atoms with Crippen molar-refractivity contribution in [1.29, 1.82) is 0 Å². The number of carboxylic acids is 1. The van der Waals surface area contributed by atoms with Gasteiger partial charge in [0.1, 0.15) is 11.5 Å². The molecule has 1 aliphatic rings. The Bertz CT molecular complexity index is 1750. The van der Waals surface area contributed by atoms with Gasteiger partial charge in [-0.15, -0.1) is 0 Å². The SMILES string of the molecule is C=C1CC(CC)CCC1(NC(=O)c1cc(-c2c(OC)cccc2OC)n(-c2ccc(C(=O)N(C)CCCN(C)CCCNC)cc2C(C)C)n1)C(=O)O. The van der Waals surface area contributed by atoms with Gasteiger partial charge in [0.2, 0.25) is 0 Å². The monoisotopic (exact) mass is 730 g/mol. The van der Waals surface area contributed by atoms with E-state index in [1.165, 1.54) is 0 Å². The quantitative estimate of drug-likeness (QED) is 0.106. The number of aliphatic carboxylic acids is 1. The molecule has 12 nitrogen and oxygen atoms in total. The zero-order valence-electron chi connectivity index (χ0n) is 32.8. The lowest BCUT2D eigenvalue weighted by Crippen LogP contribution is -2.57. The van der Waals surface area contributed by atoms with Gasteiger partial charge in [-0.05, 0) is 125 Å². The number of nitrogens with one attached hydrogen (secondary N) is 2. The van der Waals surface area contributed by atoms with Crippen molar-refractivity contribution in [3.63, 3.8) is 0 Å². The summed E-state index contributed by atoms with van der Waals surface area (Å²) in [4.78, 5) is 44.5. The van der Waals surface area contributed by atoms with E-state index in [-0.39, 0.29) is 23.9 Å². The maximum Gasteiger partial charge on any atom is 0.333 e. The molecular weight excluding hydrogens is 672 g/mol. The van der Waals surface area contributed by atoms with Crippen LogP contribution in [0, 0.1) is 5.92 Å². The third-order valence-corrected chi connectivity index (χ3v) is 10.4. The first-order chi connectivity index (χ1) is 25.3. The zero-order valence-corrected chi connectivity index (χ0v) is 32.8. The van der Waals surface area contributed by atoms with E-state index in [1.54, 1.807) is 48.1 Å². The minimum atomic E-state index is -1.60. The number of methoxy groups -OCH3 is 2. The van der Waals surface area contributed by atoms with Crippen LogP contribution in [0.25, 0.3) is 16.9 Å². The molecule has 1 aromatic heterocycles. The minimum Gasteiger partial charge on any atom is -0.496 e. The third-order valence-electron chi connectivity index (χ3n) is 10.4. The lowest BCUT2D eigenvalue weighted by Gasteiger charge is -2.39. The summed E-state index contributed by atoms with van der Waals surface area (Å²) in [5, 5.41) is 21.2. The fourth-order valence-corrected chi connectivity index (χ4v) is 7.13. The van der Waals surface area contributed by atoms with Crippen molar-refractivity contribution in [2.75, 3.05) is 61.5 Å². The Morgan fingerprint density at radius 3 is 2.32 bits per heavy atom. The first-order valence-corrected chi connectivity index (χ1v) is 18.6. The number of carboxylic acid groups (broad SMARTS) is 1. The van der Waals surface area contributed by atoms with E-state index in [4.69, 9.17) is 14.6 Å². The van der Waals surface area contributed by atoms with Gasteiger partial charge in [0.25, 0.3) is 11.8 Å². The number of benzene rings is 2. The van der Waals surface area contributed by atoms with Gasteiger partial charge in [0.05, 0.1) is 31.2 Å². The number of hydrogen-bond donors (Lipinski definition) is 3. The fraction of sp³-hybridized carbons (Fsp3) is 0.512. The molecule has 3 aromatic rings. The van der Waals surface area contributed by atoms with Crippen molar-refractivity contribution in [3.8, 4) is 28.4 Å². The van der Waals surface area contributed by atoms with E-state index in [2.05, 4.69) is 36.1 Å². The number of hydrogen-bond acceptors (Lipinski definition) is 8. The van der Waals surface area contributed by atoms with Gasteiger partial charge in [-0.3, -0.25) is 9.59 Å². The number of amides is 2. The summed E-state index contributed by atoms with van der Waals surface area (Å²) < 4.78 is 13.2. The molecular formula is C41H58N6O6.